The Morgan fingerprint density at radius 3 is 2.94 bits per heavy atom. The fraction of sp³-hybridized carbons (Fsp3) is 0.409. The molecule has 31 heavy (non-hydrogen) atoms. The van der Waals surface area contributed by atoms with Crippen molar-refractivity contribution in [1.29, 1.82) is 0 Å². The lowest BCUT2D eigenvalue weighted by Gasteiger charge is -2.32. The van der Waals surface area contributed by atoms with Crippen LogP contribution in [0.15, 0.2) is 24.5 Å². The maximum absolute atomic E-state index is 12.2. The van der Waals surface area contributed by atoms with Crippen molar-refractivity contribution in [2.45, 2.75) is 26.4 Å². The van der Waals surface area contributed by atoms with Crippen LogP contribution >= 0.6 is 0 Å². The van der Waals surface area contributed by atoms with E-state index in [1.807, 2.05) is 36.6 Å². The molecule has 164 valence electrons. The number of ether oxygens (including phenoxy) is 2. The Morgan fingerprint density at radius 1 is 1.39 bits per heavy atom. The van der Waals surface area contributed by atoms with Crippen LogP contribution in [0.1, 0.15) is 27.2 Å². The molecule has 9 heteroatoms. The number of H-pyrrole nitrogens is 1. The predicted molar refractivity (Wildman–Crippen MR) is 115 cm³/mol. The van der Waals surface area contributed by atoms with Crippen LogP contribution in [0.2, 0.25) is 0 Å². The first-order valence-electron chi connectivity index (χ1n) is 10.3. The van der Waals surface area contributed by atoms with E-state index in [2.05, 4.69) is 10.3 Å². The number of pyridine rings is 1. The number of fused-ring (bicyclic) bond motifs is 1. The molecule has 0 aliphatic carbocycles. The Hall–Kier alpha value is -3.33. The Bertz CT molecular complexity index is 1130. The number of aryl methyl sites for hydroxylation is 1. The van der Waals surface area contributed by atoms with Gasteiger partial charge < -0.3 is 29.1 Å². The molecule has 1 aliphatic rings. The number of methoxy groups -OCH3 is 1. The summed E-state index contributed by atoms with van der Waals surface area (Å²) in [5.41, 5.74) is 5.88. The zero-order chi connectivity index (χ0) is 22.1. The maximum Gasteiger partial charge on any atom is 0.409 e. The van der Waals surface area contributed by atoms with Crippen molar-refractivity contribution in [3.63, 3.8) is 0 Å². The van der Waals surface area contributed by atoms with Gasteiger partial charge in [-0.3, -0.25) is 4.79 Å². The van der Waals surface area contributed by atoms with Crippen LogP contribution in [0.4, 0.5) is 4.79 Å². The Balaban J connectivity index is 1.75. The lowest BCUT2D eigenvalue weighted by atomic mass is 10.1. The lowest BCUT2D eigenvalue weighted by Crippen LogP contribution is -2.46. The number of rotatable bonds is 4. The summed E-state index contributed by atoms with van der Waals surface area (Å²) in [4.78, 5) is 33.9. The highest BCUT2D eigenvalue weighted by atomic mass is 16.5. The van der Waals surface area contributed by atoms with Gasteiger partial charge in [0.15, 0.2) is 0 Å². The highest BCUT2D eigenvalue weighted by Crippen LogP contribution is 2.30. The van der Waals surface area contributed by atoms with Gasteiger partial charge in [0.2, 0.25) is 0 Å². The molecular formula is C22H27N5O4. The SMILES string of the molecule is CNC(=O)c1c[nH]c(-c2nc3cc(C)ccn3c2C[C@H]2CN(C(=O)OC)CCO2)c1C. The number of hydrogen-bond donors (Lipinski definition) is 2. The number of aromatic amines is 1. The van der Waals surface area contributed by atoms with Crippen LogP contribution in [0.3, 0.4) is 0 Å². The Labute approximate surface area is 180 Å². The number of nitrogens with one attached hydrogen (secondary N) is 2. The number of morpholine rings is 1. The topological polar surface area (TPSA) is 101 Å². The van der Waals surface area contributed by atoms with E-state index in [1.165, 1.54) is 7.11 Å². The standard InChI is InChI=1S/C22H27N5O4/c1-13-5-6-27-17(10-15-12-26(7-8-31-15)22(29)30-4)20(25-18(27)9-13)19-14(2)16(11-24-19)21(28)23-3/h5-6,9,11,15,24H,7-8,10,12H2,1-4H3,(H,23,28)/t15-/m0/s1. The van der Waals surface area contributed by atoms with Crippen molar-refractivity contribution in [2.75, 3.05) is 33.9 Å². The second-order valence-corrected chi connectivity index (χ2v) is 7.73. The molecule has 3 aromatic rings. The number of imidazole rings is 1. The third kappa shape index (κ3) is 3.88. The van der Waals surface area contributed by atoms with Crippen LogP contribution in [0.5, 0.6) is 0 Å². The molecular weight excluding hydrogens is 398 g/mol. The van der Waals surface area contributed by atoms with E-state index in [0.717, 1.165) is 33.9 Å². The number of carbonyl (C=O) groups is 2. The number of hydrogen-bond acceptors (Lipinski definition) is 5. The zero-order valence-corrected chi connectivity index (χ0v) is 18.2. The minimum Gasteiger partial charge on any atom is -0.453 e. The molecule has 0 saturated carbocycles. The molecule has 1 aliphatic heterocycles. The smallest absolute Gasteiger partial charge is 0.409 e. The molecule has 2 N–H and O–H groups in total. The van der Waals surface area contributed by atoms with E-state index in [0.29, 0.717) is 31.7 Å². The van der Waals surface area contributed by atoms with Gasteiger partial charge in [0.05, 0.1) is 43.3 Å². The molecule has 0 spiro atoms. The molecule has 1 saturated heterocycles. The molecule has 9 nitrogen and oxygen atoms in total. The third-order valence-corrected chi connectivity index (χ3v) is 5.72. The maximum atomic E-state index is 12.2. The van der Waals surface area contributed by atoms with Crippen LogP contribution in [-0.4, -0.2) is 71.2 Å². The molecule has 1 atom stereocenters. The lowest BCUT2D eigenvalue weighted by molar-refractivity contribution is -0.0241. The monoisotopic (exact) mass is 425 g/mol. The summed E-state index contributed by atoms with van der Waals surface area (Å²) >= 11 is 0. The first-order valence-corrected chi connectivity index (χ1v) is 10.3. The van der Waals surface area contributed by atoms with E-state index in [9.17, 15) is 9.59 Å². The number of aromatic nitrogens is 3. The van der Waals surface area contributed by atoms with Gasteiger partial charge >= 0.3 is 6.09 Å². The quantitative estimate of drug-likeness (QED) is 0.668. The van der Waals surface area contributed by atoms with E-state index in [4.69, 9.17) is 14.5 Å². The second kappa shape index (κ2) is 8.43. The van der Waals surface area contributed by atoms with Crippen LogP contribution in [-0.2, 0) is 15.9 Å². The molecule has 0 radical (unpaired) electrons. The van der Waals surface area contributed by atoms with Gasteiger partial charge in [0.25, 0.3) is 5.91 Å². The first-order chi connectivity index (χ1) is 14.9. The normalized spacial score (nSPS) is 16.5. The van der Waals surface area contributed by atoms with Crippen LogP contribution in [0.25, 0.3) is 17.0 Å². The summed E-state index contributed by atoms with van der Waals surface area (Å²) in [6.45, 7) is 5.33. The minimum absolute atomic E-state index is 0.148. The van der Waals surface area contributed by atoms with Crippen LogP contribution in [0, 0.1) is 13.8 Å². The van der Waals surface area contributed by atoms with Crippen molar-refractivity contribution < 1.29 is 19.1 Å². The van der Waals surface area contributed by atoms with Crippen molar-refractivity contribution in [3.8, 4) is 11.4 Å². The molecule has 3 aromatic heterocycles. The summed E-state index contributed by atoms with van der Waals surface area (Å²) in [6, 6.07) is 4.05. The highest BCUT2D eigenvalue weighted by Gasteiger charge is 2.28. The van der Waals surface area contributed by atoms with Gasteiger partial charge in [-0.1, -0.05) is 0 Å². The average Bonchev–Trinajstić information content (AvgIpc) is 3.32. The van der Waals surface area contributed by atoms with E-state index < -0.39 is 0 Å². The number of nitrogens with zero attached hydrogens (tertiary/aromatic N) is 3. The Kier molecular flexibility index (Phi) is 5.69. The summed E-state index contributed by atoms with van der Waals surface area (Å²) in [6.07, 6.45) is 3.72. The summed E-state index contributed by atoms with van der Waals surface area (Å²) in [7, 11) is 3.00. The summed E-state index contributed by atoms with van der Waals surface area (Å²) in [5.74, 6) is -0.148. The average molecular weight is 425 g/mol. The van der Waals surface area contributed by atoms with Crippen molar-refractivity contribution in [2.24, 2.45) is 0 Å². The van der Waals surface area contributed by atoms with E-state index >= 15 is 0 Å². The van der Waals surface area contributed by atoms with Gasteiger partial charge in [-0.15, -0.1) is 0 Å². The van der Waals surface area contributed by atoms with Crippen LogP contribution < -0.4 is 5.32 Å². The fourth-order valence-electron chi connectivity index (χ4n) is 4.06. The van der Waals surface area contributed by atoms with Gasteiger partial charge in [-0.25, -0.2) is 9.78 Å². The third-order valence-electron chi connectivity index (χ3n) is 5.72. The molecule has 4 rings (SSSR count). The minimum atomic E-state index is -0.349. The van der Waals surface area contributed by atoms with E-state index in [1.54, 1.807) is 18.1 Å². The summed E-state index contributed by atoms with van der Waals surface area (Å²) < 4.78 is 12.9. The van der Waals surface area contributed by atoms with Gasteiger partial charge in [0.1, 0.15) is 11.3 Å². The van der Waals surface area contributed by atoms with Gasteiger partial charge in [0, 0.05) is 32.4 Å². The van der Waals surface area contributed by atoms with E-state index in [-0.39, 0.29) is 18.1 Å². The van der Waals surface area contributed by atoms with Crippen molar-refractivity contribution in [1.82, 2.24) is 24.6 Å². The van der Waals surface area contributed by atoms with Gasteiger partial charge in [-0.2, -0.15) is 0 Å². The van der Waals surface area contributed by atoms with Gasteiger partial charge in [-0.05, 0) is 37.1 Å². The zero-order valence-electron chi connectivity index (χ0n) is 18.2. The summed E-state index contributed by atoms with van der Waals surface area (Å²) in [5, 5.41) is 2.67. The fourth-order valence-corrected chi connectivity index (χ4v) is 4.06. The van der Waals surface area contributed by atoms with Crippen molar-refractivity contribution in [3.05, 3.63) is 46.9 Å². The Morgan fingerprint density at radius 2 is 2.19 bits per heavy atom. The number of amides is 2. The first kappa shape index (κ1) is 20.9. The molecule has 0 bridgehead atoms. The molecule has 4 heterocycles. The second-order valence-electron chi connectivity index (χ2n) is 7.73. The molecule has 0 aromatic carbocycles. The predicted octanol–water partition coefficient (Wildman–Crippen LogP) is 2.32. The number of carbonyl (C=O) groups excluding carboxylic acids is 2. The highest BCUT2D eigenvalue weighted by molar-refractivity contribution is 5.97. The molecule has 2 amide bonds. The molecule has 0 unspecified atom stereocenters. The largest absolute Gasteiger partial charge is 0.453 e. The molecule has 1 fully saturated rings. The van der Waals surface area contributed by atoms with Crippen molar-refractivity contribution >= 4 is 17.6 Å².